The van der Waals surface area contributed by atoms with E-state index in [1.165, 1.54) is 0 Å². The molecule has 0 amide bonds. The van der Waals surface area contributed by atoms with Crippen molar-refractivity contribution in [2.24, 2.45) is 5.73 Å². The third-order valence-corrected chi connectivity index (χ3v) is 2.95. The van der Waals surface area contributed by atoms with Crippen LogP contribution in [0.1, 0.15) is 30.5 Å². The lowest BCUT2D eigenvalue weighted by atomic mass is 10.1. The standard InChI is InChI=1S/C16H16N2O/c1-2-16(18)13-4-3-5-15(10-13)19-14-8-6-12(11-17)7-9-14/h3-10,16H,2,18H2,1H3. The minimum Gasteiger partial charge on any atom is -0.457 e. The van der Waals surface area contributed by atoms with Gasteiger partial charge in [0.15, 0.2) is 0 Å². The highest BCUT2D eigenvalue weighted by Gasteiger charge is 2.05. The van der Waals surface area contributed by atoms with Crippen LogP contribution in [0.5, 0.6) is 11.5 Å². The monoisotopic (exact) mass is 252 g/mol. The van der Waals surface area contributed by atoms with E-state index in [9.17, 15) is 0 Å². The van der Waals surface area contributed by atoms with E-state index < -0.39 is 0 Å². The lowest BCUT2D eigenvalue weighted by molar-refractivity contribution is 0.481. The minimum atomic E-state index is 0.0320. The summed E-state index contributed by atoms with van der Waals surface area (Å²) in [7, 11) is 0. The molecule has 0 aliphatic rings. The molecule has 0 saturated carbocycles. The topological polar surface area (TPSA) is 59.0 Å². The summed E-state index contributed by atoms with van der Waals surface area (Å²) in [6.45, 7) is 2.05. The lowest BCUT2D eigenvalue weighted by Crippen LogP contribution is -2.08. The van der Waals surface area contributed by atoms with Crippen LogP contribution in [-0.2, 0) is 0 Å². The number of hydrogen-bond donors (Lipinski definition) is 1. The molecule has 0 heterocycles. The summed E-state index contributed by atoms with van der Waals surface area (Å²) in [5.41, 5.74) is 7.69. The fraction of sp³-hybridized carbons (Fsp3) is 0.188. The fourth-order valence-corrected chi connectivity index (χ4v) is 1.78. The number of hydrogen-bond acceptors (Lipinski definition) is 3. The van der Waals surface area contributed by atoms with Gasteiger partial charge in [0.25, 0.3) is 0 Å². The Bertz CT molecular complexity index is 584. The van der Waals surface area contributed by atoms with E-state index >= 15 is 0 Å². The molecule has 19 heavy (non-hydrogen) atoms. The Balaban J connectivity index is 2.16. The number of nitrogens with zero attached hydrogens (tertiary/aromatic N) is 1. The highest BCUT2D eigenvalue weighted by atomic mass is 16.5. The zero-order chi connectivity index (χ0) is 13.7. The van der Waals surface area contributed by atoms with Crippen LogP contribution in [0.3, 0.4) is 0 Å². The normalized spacial score (nSPS) is 11.6. The van der Waals surface area contributed by atoms with Gasteiger partial charge in [0, 0.05) is 6.04 Å². The maximum absolute atomic E-state index is 8.74. The Morgan fingerprint density at radius 2 is 1.89 bits per heavy atom. The third kappa shape index (κ3) is 3.34. The van der Waals surface area contributed by atoms with Crippen molar-refractivity contribution in [2.75, 3.05) is 0 Å². The van der Waals surface area contributed by atoms with Crippen molar-refractivity contribution in [3.63, 3.8) is 0 Å². The van der Waals surface area contributed by atoms with Crippen LogP contribution >= 0.6 is 0 Å². The molecule has 1 atom stereocenters. The molecular weight excluding hydrogens is 236 g/mol. The van der Waals surface area contributed by atoms with E-state index in [1.807, 2.05) is 24.3 Å². The van der Waals surface area contributed by atoms with Crippen molar-refractivity contribution in [2.45, 2.75) is 19.4 Å². The molecule has 0 aromatic heterocycles. The van der Waals surface area contributed by atoms with E-state index in [2.05, 4.69) is 13.0 Å². The summed E-state index contributed by atoms with van der Waals surface area (Å²) in [4.78, 5) is 0. The molecule has 2 aromatic carbocycles. The Kier molecular flexibility index (Phi) is 4.17. The van der Waals surface area contributed by atoms with Crippen molar-refractivity contribution in [3.8, 4) is 17.6 Å². The van der Waals surface area contributed by atoms with E-state index in [1.54, 1.807) is 24.3 Å². The molecular formula is C16H16N2O. The third-order valence-electron chi connectivity index (χ3n) is 2.95. The predicted octanol–water partition coefficient (Wildman–Crippen LogP) is 3.76. The molecule has 0 radical (unpaired) electrons. The van der Waals surface area contributed by atoms with Crippen LogP contribution in [0.2, 0.25) is 0 Å². The number of ether oxygens (including phenoxy) is 1. The van der Waals surface area contributed by atoms with E-state index in [0.29, 0.717) is 11.3 Å². The molecule has 0 bridgehead atoms. The molecule has 3 heteroatoms. The molecule has 96 valence electrons. The first kappa shape index (κ1) is 13.1. The van der Waals surface area contributed by atoms with Gasteiger partial charge < -0.3 is 10.5 Å². The second-order valence-electron chi connectivity index (χ2n) is 4.33. The van der Waals surface area contributed by atoms with Crippen LogP contribution in [0.4, 0.5) is 0 Å². The van der Waals surface area contributed by atoms with Gasteiger partial charge in [-0.2, -0.15) is 5.26 Å². The Morgan fingerprint density at radius 3 is 2.53 bits per heavy atom. The van der Waals surface area contributed by atoms with Crippen molar-refractivity contribution in [1.29, 1.82) is 5.26 Å². The summed E-state index contributed by atoms with van der Waals surface area (Å²) in [6, 6.07) is 16.9. The van der Waals surface area contributed by atoms with Gasteiger partial charge in [-0.15, -0.1) is 0 Å². The van der Waals surface area contributed by atoms with Crippen LogP contribution in [0.15, 0.2) is 48.5 Å². The molecule has 0 aliphatic heterocycles. The number of rotatable bonds is 4. The van der Waals surface area contributed by atoms with Gasteiger partial charge in [0.05, 0.1) is 11.6 Å². The predicted molar refractivity (Wildman–Crippen MR) is 74.9 cm³/mol. The van der Waals surface area contributed by atoms with Crippen molar-refractivity contribution in [1.82, 2.24) is 0 Å². The molecule has 3 nitrogen and oxygen atoms in total. The second-order valence-corrected chi connectivity index (χ2v) is 4.33. The molecule has 2 aromatic rings. The quantitative estimate of drug-likeness (QED) is 0.901. The summed E-state index contributed by atoms with van der Waals surface area (Å²) in [5.74, 6) is 1.47. The van der Waals surface area contributed by atoms with Crippen LogP contribution in [0, 0.1) is 11.3 Å². The largest absolute Gasteiger partial charge is 0.457 e. The van der Waals surface area contributed by atoms with Gasteiger partial charge in [-0.3, -0.25) is 0 Å². The molecule has 2 rings (SSSR count). The van der Waals surface area contributed by atoms with Gasteiger partial charge in [-0.05, 0) is 48.4 Å². The summed E-state index contributed by atoms with van der Waals surface area (Å²) < 4.78 is 5.75. The Labute approximate surface area is 113 Å². The van der Waals surface area contributed by atoms with Crippen molar-refractivity contribution < 1.29 is 4.74 Å². The molecule has 0 spiro atoms. The van der Waals surface area contributed by atoms with Crippen LogP contribution < -0.4 is 10.5 Å². The average molecular weight is 252 g/mol. The first-order chi connectivity index (χ1) is 9.22. The van der Waals surface area contributed by atoms with Gasteiger partial charge >= 0.3 is 0 Å². The zero-order valence-corrected chi connectivity index (χ0v) is 10.8. The number of benzene rings is 2. The van der Waals surface area contributed by atoms with Crippen LogP contribution in [-0.4, -0.2) is 0 Å². The summed E-state index contributed by atoms with van der Waals surface area (Å²) in [6.07, 6.45) is 0.889. The first-order valence-corrected chi connectivity index (χ1v) is 6.26. The Morgan fingerprint density at radius 1 is 1.16 bits per heavy atom. The highest BCUT2D eigenvalue weighted by Crippen LogP contribution is 2.25. The smallest absolute Gasteiger partial charge is 0.127 e. The second kappa shape index (κ2) is 6.03. The SMILES string of the molecule is CCC(N)c1cccc(Oc2ccc(C#N)cc2)c1. The zero-order valence-electron chi connectivity index (χ0n) is 10.8. The van der Waals surface area contributed by atoms with Gasteiger partial charge in [0.2, 0.25) is 0 Å². The van der Waals surface area contributed by atoms with E-state index in [-0.39, 0.29) is 6.04 Å². The number of nitrogens with two attached hydrogens (primary N) is 1. The Hall–Kier alpha value is -2.31. The minimum absolute atomic E-state index is 0.0320. The van der Waals surface area contributed by atoms with Gasteiger partial charge in [-0.25, -0.2) is 0 Å². The van der Waals surface area contributed by atoms with E-state index in [4.69, 9.17) is 15.7 Å². The van der Waals surface area contributed by atoms with Gasteiger partial charge in [-0.1, -0.05) is 19.1 Å². The molecule has 2 N–H and O–H groups in total. The first-order valence-electron chi connectivity index (χ1n) is 6.26. The van der Waals surface area contributed by atoms with Crippen LogP contribution in [0.25, 0.3) is 0 Å². The maximum Gasteiger partial charge on any atom is 0.127 e. The lowest BCUT2D eigenvalue weighted by Gasteiger charge is -2.11. The fourth-order valence-electron chi connectivity index (χ4n) is 1.78. The van der Waals surface area contributed by atoms with Crippen molar-refractivity contribution in [3.05, 3.63) is 59.7 Å². The number of nitriles is 1. The van der Waals surface area contributed by atoms with E-state index in [0.717, 1.165) is 17.7 Å². The van der Waals surface area contributed by atoms with Gasteiger partial charge in [0.1, 0.15) is 11.5 Å². The summed E-state index contributed by atoms with van der Waals surface area (Å²) >= 11 is 0. The average Bonchev–Trinajstić information content (AvgIpc) is 2.47. The summed E-state index contributed by atoms with van der Waals surface area (Å²) in [5, 5.41) is 8.74. The molecule has 0 aliphatic carbocycles. The van der Waals surface area contributed by atoms with Crippen molar-refractivity contribution >= 4 is 0 Å². The molecule has 1 unspecified atom stereocenters. The highest BCUT2D eigenvalue weighted by molar-refractivity contribution is 5.38. The molecule has 0 saturated heterocycles. The molecule has 0 fully saturated rings. The maximum atomic E-state index is 8.74.